The third-order valence-electron chi connectivity index (χ3n) is 8.82. The Hall–Kier alpha value is -2.00. The highest BCUT2D eigenvalue weighted by Gasteiger charge is 2.41. The maximum Gasteiger partial charge on any atom is 0.416 e. The van der Waals surface area contributed by atoms with Crippen LogP contribution in [0.15, 0.2) is 41.5 Å². The van der Waals surface area contributed by atoms with Gasteiger partial charge in [0.05, 0.1) is 30.9 Å². The minimum absolute atomic E-state index is 0.0124. The molecule has 0 spiro atoms. The Balaban J connectivity index is 1.09. The summed E-state index contributed by atoms with van der Waals surface area (Å²) in [6.45, 7) is 4.53. The van der Waals surface area contributed by atoms with E-state index in [-0.39, 0.29) is 30.5 Å². The van der Waals surface area contributed by atoms with Crippen molar-refractivity contribution in [3.63, 3.8) is 0 Å². The highest BCUT2D eigenvalue weighted by molar-refractivity contribution is 5.80. The summed E-state index contributed by atoms with van der Waals surface area (Å²) in [5.74, 6) is 0.272. The summed E-state index contributed by atoms with van der Waals surface area (Å²) >= 11 is 0. The quantitative estimate of drug-likeness (QED) is 0.532. The van der Waals surface area contributed by atoms with Crippen molar-refractivity contribution in [2.24, 2.45) is 5.92 Å². The van der Waals surface area contributed by atoms with Crippen molar-refractivity contribution in [3.8, 4) is 0 Å². The molecule has 5 aliphatic rings. The zero-order valence-electron chi connectivity index (χ0n) is 21.1. The Morgan fingerprint density at radius 3 is 2.84 bits per heavy atom. The van der Waals surface area contributed by atoms with Crippen molar-refractivity contribution >= 4 is 5.78 Å². The van der Waals surface area contributed by atoms with E-state index >= 15 is 0 Å². The van der Waals surface area contributed by atoms with Crippen LogP contribution in [0.25, 0.3) is 0 Å². The van der Waals surface area contributed by atoms with E-state index in [9.17, 15) is 18.0 Å². The van der Waals surface area contributed by atoms with Gasteiger partial charge in [0.15, 0.2) is 0 Å². The molecule has 8 heteroatoms. The van der Waals surface area contributed by atoms with Gasteiger partial charge in [-0.05, 0) is 66.5 Å². The number of nitrogens with zero attached hydrogens (tertiary/aromatic N) is 2. The Bertz CT molecular complexity index is 1090. The number of ketones is 1. The number of hydrogen-bond acceptors (Lipinski definition) is 5. The molecule has 37 heavy (non-hydrogen) atoms. The maximum absolute atomic E-state index is 13.3. The lowest BCUT2D eigenvalue weighted by Gasteiger charge is -2.29. The van der Waals surface area contributed by atoms with Crippen molar-refractivity contribution in [2.45, 2.75) is 69.5 Å². The minimum Gasteiger partial charge on any atom is -0.380 e. The summed E-state index contributed by atoms with van der Waals surface area (Å²) in [6.07, 6.45) is 5.43. The van der Waals surface area contributed by atoms with E-state index in [0.717, 1.165) is 63.6 Å². The summed E-state index contributed by atoms with van der Waals surface area (Å²) < 4.78 is 51.9. The topological polar surface area (TPSA) is 42.0 Å². The Morgan fingerprint density at radius 2 is 2.03 bits per heavy atom. The predicted octanol–water partition coefficient (Wildman–Crippen LogP) is 4.55. The lowest BCUT2D eigenvalue weighted by atomic mass is 9.95. The van der Waals surface area contributed by atoms with Gasteiger partial charge in [-0.1, -0.05) is 18.2 Å². The van der Waals surface area contributed by atoms with Gasteiger partial charge in [0, 0.05) is 51.2 Å². The normalized spacial score (nSPS) is 30.4. The molecule has 5 nitrogen and oxygen atoms in total. The second kappa shape index (κ2) is 10.3. The lowest BCUT2D eigenvalue weighted by molar-refractivity contribution is -0.137. The number of carbonyl (C=O) groups excluding carboxylic acids is 1. The zero-order valence-corrected chi connectivity index (χ0v) is 21.1. The van der Waals surface area contributed by atoms with Gasteiger partial charge in [-0.3, -0.25) is 14.6 Å². The van der Waals surface area contributed by atoms with Crippen molar-refractivity contribution in [1.29, 1.82) is 0 Å². The van der Waals surface area contributed by atoms with E-state index < -0.39 is 11.7 Å². The monoisotopic (exact) mass is 516 g/mol. The molecule has 0 aromatic heterocycles. The first-order valence-corrected chi connectivity index (χ1v) is 13.6. The number of ether oxygens (including phenoxy) is 2. The third kappa shape index (κ3) is 5.44. The molecule has 1 aromatic carbocycles. The van der Waals surface area contributed by atoms with E-state index in [1.165, 1.54) is 17.2 Å². The summed E-state index contributed by atoms with van der Waals surface area (Å²) in [7, 11) is 0. The van der Waals surface area contributed by atoms with E-state index in [4.69, 9.17) is 9.47 Å². The average Bonchev–Trinajstić information content (AvgIpc) is 3.65. The fourth-order valence-corrected chi connectivity index (χ4v) is 6.84. The first kappa shape index (κ1) is 25.3. The molecule has 0 radical (unpaired) electrons. The summed E-state index contributed by atoms with van der Waals surface area (Å²) in [5, 5.41) is 0. The predicted molar refractivity (Wildman–Crippen MR) is 133 cm³/mol. The van der Waals surface area contributed by atoms with Crippen molar-refractivity contribution in [2.75, 3.05) is 39.4 Å². The van der Waals surface area contributed by atoms with Crippen molar-refractivity contribution in [3.05, 3.63) is 58.2 Å². The second-order valence-corrected chi connectivity index (χ2v) is 11.3. The van der Waals surface area contributed by atoms with Crippen LogP contribution >= 0.6 is 0 Å². The van der Waals surface area contributed by atoms with Crippen molar-refractivity contribution in [1.82, 2.24) is 9.80 Å². The zero-order chi connectivity index (χ0) is 25.6. The molecule has 4 atom stereocenters. The molecular formula is C29H35F3N2O3. The molecule has 200 valence electrons. The van der Waals surface area contributed by atoms with Crippen LogP contribution in [0.3, 0.4) is 0 Å². The van der Waals surface area contributed by atoms with E-state index in [2.05, 4.69) is 17.1 Å². The Morgan fingerprint density at radius 1 is 1.14 bits per heavy atom. The highest BCUT2D eigenvalue weighted by atomic mass is 19.4. The Kier molecular flexibility index (Phi) is 7.03. The van der Waals surface area contributed by atoms with Gasteiger partial charge in [-0.2, -0.15) is 13.2 Å². The molecule has 1 aromatic rings. The number of hydrogen-bond donors (Lipinski definition) is 0. The van der Waals surface area contributed by atoms with Gasteiger partial charge in [0.25, 0.3) is 0 Å². The van der Waals surface area contributed by atoms with Crippen LogP contribution < -0.4 is 0 Å². The maximum atomic E-state index is 13.3. The number of Topliss-reactive ketones (excluding diaryl/α,β-unsaturated/α-hetero) is 1. The highest BCUT2D eigenvalue weighted by Crippen LogP contribution is 2.39. The fourth-order valence-electron chi connectivity index (χ4n) is 6.84. The van der Waals surface area contributed by atoms with Gasteiger partial charge in [-0.15, -0.1) is 0 Å². The summed E-state index contributed by atoms with van der Waals surface area (Å²) in [4.78, 5) is 17.7. The lowest BCUT2D eigenvalue weighted by Crippen LogP contribution is -2.37. The number of halogens is 3. The molecule has 6 rings (SSSR count). The van der Waals surface area contributed by atoms with Gasteiger partial charge in [0.1, 0.15) is 5.78 Å². The second-order valence-electron chi connectivity index (χ2n) is 11.3. The molecular weight excluding hydrogens is 481 g/mol. The molecule has 2 saturated heterocycles. The number of benzene rings is 1. The number of carbonyl (C=O) groups is 1. The first-order valence-electron chi connectivity index (χ1n) is 13.6. The molecule has 0 amide bonds. The molecule has 0 N–H and O–H groups in total. The number of likely N-dealkylation sites (tertiary alicyclic amines) is 1. The average molecular weight is 517 g/mol. The van der Waals surface area contributed by atoms with Gasteiger partial charge >= 0.3 is 6.18 Å². The van der Waals surface area contributed by atoms with E-state index in [0.29, 0.717) is 37.5 Å². The molecule has 0 saturated carbocycles. The molecule has 3 heterocycles. The van der Waals surface area contributed by atoms with Crippen LogP contribution in [-0.2, 0) is 33.4 Å². The molecule has 3 unspecified atom stereocenters. The van der Waals surface area contributed by atoms with Gasteiger partial charge in [0.2, 0.25) is 0 Å². The standard InChI is InChI=1S/C29H35F3N2O3/c30-29(31,32)23-6-4-19-8-10-33(14-21(19)12-23)16-25(35)13-22-15-34(24-9-11-36-18-24)17-28(22)37-27-7-5-20-2-1-3-26(20)27/h1-2,4,6,12,22,24,27-28H,3,5,7-11,13-18H2/t22?,24?,27?,28-/m0/s1. The van der Waals surface area contributed by atoms with Crippen LogP contribution in [0.2, 0.25) is 0 Å². The number of alkyl halides is 3. The third-order valence-corrected chi connectivity index (χ3v) is 8.82. The van der Waals surface area contributed by atoms with Crippen LogP contribution in [-0.4, -0.2) is 73.2 Å². The van der Waals surface area contributed by atoms with Crippen molar-refractivity contribution < 1.29 is 27.4 Å². The molecule has 2 fully saturated rings. The largest absolute Gasteiger partial charge is 0.416 e. The van der Waals surface area contributed by atoms with Gasteiger partial charge < -0.3 is 9.47 Å². The SMILES string of the molecule is O=C(CC1CN(C2CCOC2)C[C@@H]1OC1CCC2=C1CC=C2)CN1CCc2ccc(C(F)(F)F)cc2C1. The summed E-state index contributed by atoms with van der Waals surface area (Å²) in [5.41, 5.74) is 3.85. The first-order chi connectivity index (χ1) is 17.8. The van der Waals surface area contributed by atoms with E-state index in [1.54, 1.807) is 6.07 Å². The summed E-state index contributed by atoms with van der Waals surface area (Å²) in [6, 6.07) is 4.38. The van der Waals surface area contributed by atoms with Crippen LogP contribution in [0.4, 0.5) is 13.2 Å². The van der Waals surface area contributed by atoms with Crippen LogP contribution in [0.5, 0.6) is 0 Å². The molecule has 2 aliphatic carbocycles. The van der Waals surface area contributed by atoms with Crippen LogP contribution in [0.1, 0.15) is 48.8 Å². The smallest absolute Gasteiger partial charge is 0.380 e. The number of fused-ring (bicyclic) bond motifs is 1. The van der Waals surface area contributed by atoms with Gasteiger partial charge in [-0.25, -0.2) is 0 Å². The fraction of sp³-hybridized carbons (Fsp3) is 0.621. The Labute approximate surface area is 216 Å². The number of rotatable bonds is 7. The minimum atomic E-state index is -4.36. The number of allylic oxidation sites excluding steroid dienone is 3. The van der Waals surface area contributed by atoms with Crippen LogP contribution in [0, 0.1) is 5.92 Å². The van der Waals surface area contributed by atoms with E-state index in [1.807, 2.05) is 4.90 Å². The molecule has 0 bridgehead atoms. The molecule has 3 aliphatic heterocycles.